The number of nitrogens with two attached hydrogens (primary N) is 1. The molecule has 0 saturated heterocycles. The number of anilines is 1. The Morgan fingerprint density at radius 3 is 1.80 bits per heavy atom. The van der Waals surface area contributed by atoms with E-state index in [9.17, 15) is 44.4 Å². The summed E-state index contributed by atoms with van der Waals surface area (Å²) in [5.74, 6) is -5.37. The van der Waals surface area contributed by atoms with Gasteiger partial charge in [-0.1, -0.05) is 110 Å². The minimum atomic E-state index is -3.06. The van der Waals surface area contributed by atoms with Gasteiger partial charge in [0.05, 0.1) is 27.8 Å². The Kier molecular flexibility index (Phi) is 16.9. The van der Waals surface area contributed by atoms with Crippen molar-refractivity contribution in [1.82, 2.24) is 10.6 Å². The van der Waals surface area contributed by atoms with Crippen LogP contribution in [0.5, 0.6) is 0 Å². The first-order valence-corrected chi connectivity index (χ1v) is 32.7. The number of amides is 3. The Labute approximate surface area is 325 Å². The van der Waals surface area contributed by atoms with Crippen molar-refractivity contribution in [3.05, 3.63) is 30.3 Å². The highest BCUT2D eigenvalue weighted by Gasteiger charge is 2.61. The second-order valence-corrected chi connectivity index (χ2v) is 40.2. The fourth-order valence-electron chi connectivity index (χ4n) is 5.90. The summed E-state index contributed by atoms with van der Waals surface area (Å²) in [4.78, 5) is 66.2. The minimum Gasteiger partial charge on any atom is -0.479 e. The number of hydrogen-bond donors (Lipinski definition) is 8. The molecule has 0 spiro atoms. The molecule has 0 aliphatic heterocycles. The van der Waals surface area contributed by atoms with E-state index in [0.717, 1.165) is 0 Å². The highest BCUT2D eigenvalue weighted by atomic mass is 28.3. The van der Waals surface area contributed by atoms with Crippen LogP contribution in [0.1, 0.15) is 20.3 Å². The first-order chi connectivity index (χ1) is 24.2. The zero-order valence-electron chi connectivity index (χ0n) is 34.8. The fraction of sp³-hybridized carbons (Fsp3) is 0.694. The molecule has 1 rings (SSSR count). The third-order valence-corrected chi connectivity index (χ3v) is 18.6. The number of ether oxygens (including phenoxy) is 1. The van der Waals surface area contributed by atoms with Crippen LogP contribution < -0.4 is 21.7 Å². The smallest absolute Gasteiger partial charge is 0.339 e. The zero-order valence-corrected chi connectivity index (χ0v) is 38.8. The highest BCUT2D eigenvalue weighted by molar-refractivity contribution is 7.04. The van der Waals surface area contributed by atoms with E-state index >= 15 is 0 Å². The number of aliphatic carboxylic acids is 1. The van der Waals surface area contributed by atoms with Crippen molar-refractivity contribution in [2.75, 3.05) is 11.9 Å². The van der Waals surface area contributed by atoms with Crippen molar-refractivity contribution in [1.29, 1.82) is 0 Å². The minimum absolute atomic E-state index is 0.186. The summed E-state index contributed by atoms with van der Waals surface area (Å²) >= 11 is 0. The number of para-hydroxylation sites is 1. The van der Waals surface area contributed by atoms with Crippen LogP contribution in [0.3, 0.4) is 0 Å². The number of carboxylic acid groups (broad SMARTS) is 1. The predicted octanol–water partition coefficient (Wildman–Crippen LogP) is 2.80. The molecule has 14 nitrogen and oxygen atoms in total. The molecule has 0 fully saturated rings. The molecule has 0 saturated carbocycles. The van der Waals surface area contributed by atoms with Gasteiger partial charge in [0, 0.05) is 19.8 Å². The van der Waals surface area contributed by atoms with Crippen LogP contribution >= 0.6 is 0 Å². The van der Waals surface area contributed by atoms with Crippen molar-refractivity contribution in [2.24, 2.45) is 11.7 Å². The SMILES string of the molecule is CC(NC(=O)CO[C@H]([C@@H](Nc1ccccc1)C(=O)[Si](C)(C)C)[C@](O)([C@H](O)C(O)[Si](C)(C)C)[Si](C)(C)C)C(C)C(=O)NC(CC[Si](C)(C)C)(C(N)=O)C(=O)O. The summed E-state index contributed by atoms with van der Waals surface area (Å²) in [6.07, 6.45) is -3.44. The van der Waals surface area contributed by atoms with E-state index in [1.165, 1.54) is 13.8 Å². The number of carboxylic acids is 1. The molecule has 4 unspecified atom stereocenters. The monoisotopic (exact) mass is 828 g/mol. The summed E-state index contributed by atoms with van der Waals surface area (Å²) < 4.78 is 6.30. The van der Waals surface area contributed by atoms with Crippen molar-refractivity contribution in [2.45, 2.75) is 146 Å². The molecule has 1 aromatic rings. The molecule has 0 radical (unpaired) electrons. The summed E-state index contributed by atoms with van der Waals surface area (Å²) in [6, 6.07) is 7.07. The van der Waals surface area contributed by atoms with Gasteiger partial charge in [0.1, 0.15) is 43.6 Å². The largest absolute Gasteiger partial charge is 0.479 e. The van der Waals surface area contributed by atoms with Gasteiger partial charge in [-0.15, -0.1) is 0 Å². The Bertz CT molecular complexity index is 1460. The van der Waals surface area contributed by atoms with Gasteiger partial charge in [0.15, 0.2) is 0 Å². The van der Waals surface area contributed by atoms with Gasteiger partial charge in [-0.3, -0.25) is 14.4 Å². The molecular formula is C36H68N4O10Si4. The van der Waals surface area contributed by atoms with Gasteiger partial charge in [0.25, 0.3) is 5.91 Å². The van der Waals surface area contributed by atoms with Crippen LogP contribution in [-0.4, -0.2) is 129 Å². The molecule has 8 atom stereocenters. The molecule has 0 aliphatic carbocycles. The van der Waals surface area contributed by atoms with Gasteiger partial charge >= 0.3 is 5.97 Å². The van der Waals surface area contributed by atoms with Crippen LogP contribution in [-0.2, 0) is 28.7 Å². The standard InChI is InChI=1S/C36H68N4O10Si4/c1-23(30(43)40-35(33(37)46,34(47)48)20-21-51(3,4)5)24(2)38-26(41)22-50-29(36(49,54(12,13)14)28(42)32(45)53(9,10)11)27(31(44)52(6,7)8)39-25-18-16-15-17-19-25/h15-19,23-24,27-29,32,39,42,45,49H,20-22H2,1-14H3,(H2,37,46)(H,38,41)(H,40,43)(H,47,48)/t23?,24?,27-,28-,29-,32?,35?,36+/m1/s1. The van der Waals surface area contributed by atoms with Crippen molar-refractivity contribution in [3.63, 3.8) is 0 Å². The number of benzene rings is 1. The lowest BCUT2D eigenvalue weighted by Crippen LogP contribution is -2.76. The van der Waals surface area contributed by atoms with Crippen LogP contribution in [0, 0.1) is 5.92 Å². The Morgan fingerprint density at radius 1 is 0.870 bits per heavy atom. The number of rotatable bonds is 22. The lowest BCUT2D eigenvalue weighted by atomic mass is 9.92. The van der Waals surface area contributed by atoms with E-state index in [0.29, 0.717) is 11.7 Å². The van der Waals surface area contributed by atoms with Crippen molar-refractivity contribution in [3.8, 4) is 0 Å². The van der Waals surface area contributed by atoms with Crippen LogP contribution in [0.25, 0.3) is 0 Å². The Hall–Kier alpha value is -2.72. The summed E-state index contributed by atoms with van der Waals surface area (Å²) in [5.41, 5.74) is 2.43. The van der Waals surface area contributed by atoms with E-state index in [1.807, 2.05) is 58.9 Å². The van der Waals surface area contributed by atoms with Gasteiger partial charge in [-0.2, -0.15) is 0 Å². The molecule has 9 N–H and O–H groups in total. The van der Waals surface area contributed by atoms with Crippen molar-refractivity contribution < 1.29 is 49.1 Å². The Balaban J connectivity index is 3.62. The van der Waals surface area contributed by atoms with E-state index in [1.54, 1.807) is 50.0 Å². The summed E-state index contributed by atoms with van der Waals surface area (Å²) in [5, 5.41) is 52.1. The number of nitrogens with one attached hydrogen (secondary N) is 3. The second-order valence-electron chi connectivity index (χ2n) is 18.9. The van der Waals surface area contributed by atoms with Crippen molar-refractivity contribution >= 4 is 67.1 Å². The zero-order chi connectivity index (χ0) is 42.4. The predicted molar refractivity (Wildman–Crippen MR) is 223 cm³/mol. The molecule has 308 valence electrons. The van der Waals surface area contributed by atoms with Gasteiger partial charge in [-0.25, -0.2) is 4.79 Å². The molecule has 0 aromatic heterocycles. The first-order valence-electron chi connectivity index (χ1n) is 18.4. The lowest BCUT2D eigenvalue weighted by Gasteiger charge is -2.52. The summed E-state index contributed by atoms with van der Waals surface area (Å²) in [7, 11) is -10.1. The topological polar surface area (TPSA) is 238 Å². The third-order valence-electron chi connectivity index (χ3n) is 10.0. The highest BCUT2D eigenvalue weighted by Crippen LogP contribution is 2.37. The maximum absolute atomic E-state index is 14.3. The normalized spacial score (nSPS) is 18.4. The van der Waals surface area contributed by atoms with Gasteiger partial charge in [0.2, 0.25) is 17.4 Å². The van der Waals surface area contributed by atoms with Crippen LogP contribution in [0.15, 0.2) is 30.3 Å². The maximum Gasteiger partial charge on any atom is 0.339 e. The number of carbonyl (C=O) groups is 5. The van der Waals surface area contributed by atoms with E-state index < -0.39 is 109 Å². The molecule has 18 heteroatoms. The maximum atomic E-state index is 14.3. The number of aliphatic hydroxyl groups excluding tert-OH is 2. The molecule has 1 aromatic carbocycles. The van der Waals surface area contributed by atoms with Gasteiger partial charge < -0.3 is 51.6 Å². The molecular weight excluding hydrogens is 761 g/mol. The molecule has 54 heavy (non-hydrogen) atoms. The van der Waals surface area contributed by atoms with E-state index in [2.05, 4.69) is 16.0 Å². The molecule has 0 bridgehead atoms. The number of aliphatic hydroxyl groups is 3. The fourth-order valence-corrected chi connectivity index (χ4v) is 11.7. The Morgan fingerprint density at radius 2 is 1.39 bits per heavy atom. The van der Waals surface area contributed by atoms with Crippen LogP contribution in [0.2, 0.25) is 84.6 Å². The number of hydrogen-bond acceptors (Lipinski definition) is 10. The second kappa shape index (κ2) is 18.5. The van der Waals surface area contributed by atoms with E-state index in [-0.39, 0.29) is 11.8 Å². The number of primary amides is 1. The average molecular weight is 829 g/mol. The average Bonchev–Trinajstić information content (AvgIpc) is 3.02. The molecule has 3 amide bonds. The summed E-state index contributed by atoms with van der Waals surface area (Å²) in [6.45, 7) is 24.7. The molecule has 0 aliphatic rings. The first kappa shape index (κ1) is 49.3. The third kappa shape index (κ3) is 12.7. The van der Waals surface area contributed by atoms with Crippen LogP contribution in [0.4, 0.5) is 5.69 Å². The number of carbonyl (C=O) groups excluding carboxylic acids is 4. The lowest BCUT2D eigenvalue weighted by molar-refractivity contribution is -0.159. The molecule has 0 heterocycles. The van der Waals surface area contributed by atoms with E-state index in [4.69, 9.17) is 10.5 Å². The quantitative estimate of drug-likeness (QED) is 0.0625. The van der Waals surface area contributed by atoms with Gasteiger partial charge in [-0.05, 0) is 25.5 Å².